The number of benzene rings is 1. The maximum Gasteiger partial charge on any atom is 0.234 e. The normalized spacial score (nSPS) is 10.0. The number of thioether (sulfide) groups is 1. The Bertz CT molecular complexity index is 387. The first-order valence-electron chi connectivity index (χ1n) is 5.57. The van der Waals surface area contributed by atoms with Crippen LogP contribution in [0.25, 0.3) is 0 Å². The van der Waals surface area contributed by atoms with Gasteiger partial charge in [-0.25, -0.2) is 0 Å². The van der Waals surface area contributed by atoms with Crippen molar-refractivity contribution in [2.75, 3.05) is 16.8 Å². The van der Waals surface area contributed by atoms with Gasteiger partial charge >= 0.3 is 0 Å². The molecule has 0 heterocycles. The molecule has 0 spiro atoms. The molecule has 92 valence electrons. The fourth-order valence-corrected chi connectivity index (χ4v) is 1.96. The molecule has 0 unspecified atom stereocenters. The van der Waals surface area contributed by atoms with E-state index in [1.165, 1.54) is 24.2 Å². The van der Waals surface area contributed by atoms with Crippen LogP contribution in [0.5, 0.6) is 0 Å². The Balaban J connectivity index is 2.37. The minimum Gasteiger partial charge on any atom is -0.325 e. The molecule has 3 nitrogen and oxygen atoms in total. The Hall–Kier alpha value is -1.29. The Morgan fingerprint density at radius 2 is 1.82 bits per heavy atom. The molecule has 1 amide bonds. The summed E-state index contributed by atoms with van der Waals surface area (Å²) in [5.41, 5.74) is 2.05. The third-order valence-electron chi connectivity index (χ3n) is 2.18. The molecule has 0 aliphatic carbocycles. The van der Waals surface area contributed by atoms with E-state index in [1.54, 1.807) is 0 Å². The zero-order chi connectivity index (χ0) is 12.7. The highest BCUT2D eigenvalue weighted by Crippen LogP contribution is 2.10. The molecule has 0 saturated heterocycles. The van der Waals surface area contributed by atoms with Crippen LogP contribution in [0.4, 0.5) is 5.69 Å². The van der Waals surface area contributed by atoms with E-state index < -0.39 is 0 Å². The van der Waals surface area contributed by atoms with Crippen molar-refractivity contribution in [2.24, 2.45) is 0 Å². The second kappa shape index (κ2) is 7.12. The van der Waals surface area contributed by atoms with E-state index in [2.05, 4.69) is 12.2 Å². The van der Waals surface area contributed by atoms with Crippen molar-refractivity contribution in [3.63, 3.8) is 0 Å². The average molecular weight is 251 g/mol. The summed E-state index contributed by atoms with van der Waals surface area (Å²) in [6.07, 6.45) is 0.989. The van der Waals surface area contributed by atoms with Gasteiger partial charge in [0.05, 0.1) is 11.5 Å². The topological polar surface area (TPSA) is 46.2 Å². The molecule has 1 aromatic carbocycles. The highest BCUT2D eigenvalue weighted by Gasteiger charge is 2.03. The third-order valence-corrected chi connectivity index (χ3v) is 3.26. The third kappa shape index (κ3) is 5.54. The van der Waals surface area contributed by atoms with Gasteiger partial charge in [0.2, 0.25) is 5.91 Å². The smallest absolute Gasteiger partial charge is 0.234 e. The molecule has 17 heavy (non-hydrogen) atoms. The van der Waals surface area contributed by atoms with Crippen LogP contribution >= 0.6 is 11.8 Å². The molecular weight excluding hydrogens is 234 g/mol. The lowest BCUT2D eigenvalue weighted by Gasteiger charge is -2.05. The highest BCUT2D eigenvalue weighted by atomic mass is 32.2. The maximum atomic E-state index is 11.5. The molecule has 1 N–H and O–H groups in total. The number of anilines is 1. The lowest BCUT2D eigenvalue weighted by Crippen LogP contribution is -2.15. The second-order valence-electron chi connectivity index (χ2n) is 3.79. The van der Waals surface area contributed by atoms with Crippen molar-refractivity contribution in [3.8, 4) is 0 Å². The van der Waals surface area contributed by atoms with Gasteiger partial charge < -0.3 is 5.32 Å². The number of ketones is 1. The van der Waals surface area contributed by atoms with Crippen molar-refractivity contribution < 1.29 is 9.59 Å². The lowest BCUT2D eigenvalue weighted by atomic mass is 10.1. The number of carbonyl (C=O) groups is 2. The Morgan fingerprint density at radius 1 is 1.18 bits per heavy atom. The summed E-state index contributed by atoms with van der Waals surface area (Å²) in [4.78, 5) is 22.2. The van der Waals surface area contributed by atoms with Gasteiger partial charge in [-0.3, -0.25) is 9.59 Å². The fourth-order valence-electron chi connectivity index (χ4n) is 1.31. The largest absolute Gasteiger partial charge is 0.325 e. The van der Waals surface area contributed by atoms with Crippen molar-refractivity contribution in [3.05, 3.63) is 29.8 Å². The first-order valence-corrected chi connectivity index (χ1v) is 6.73. The van der Waals surface area contributed by atoms with Gasteiger partial charge in [0.25, 0.3) is 0 Å². The maximum absolute atomic E-state index is 11.5. The van der Waals surface area contributed by atoms with Crippen LogP contribution in [0.2, 0.25) is 0 Å². The van der Waals surface area contributed by atoms with Crippen LogP contribution in [-0.4, -0.2) is 23.2 Å². The van der Waals surface area contributed by atoms with Gasteiger partial charge in [0.1, 0.15) is 5.78 Å². The predicted molar refractivity (Wildman–Crippen MR) is 72.5 cm³/mol. The zero-order valence-corrected chi connectivity index (χ0v) is 11.0. The number of carbonyl (C=O) groups excluding carboxylic acids is 2. The van der Waals surface area contributed by atoms with Crippen molar-refractivity contribution in [1.82, 2.24) is 0 Å². The molecule has 0 radical (unpaired) electrons. The number of rotatable bonds is 6. The lowest BCUT2D eigenvalue weighted by molar-refractivity contribution is -0.114. The van der Waals surface area contributed by atoms with Crippen LogP contribution in [0.1, 0.15) is 19.4 Å². The molecule has 0 aliphatic heterocycles. The summed E-state index contributed by atoms with van der Waals surface area (Å²) in [7, 11) is 0. The monoisotopic (exact) mass is 251 g/mol. The van der Waals surface area contributed by atoms with E-state index in [4.69, 9.17) is 0 Å². The minimum absolute atomic E-state index is 0.0690. The average Bonchev–Trinajstić information content (AvgIpc) is 2.29. The van der Waals surface area contributed by atoms with E-state index in [-0.39, 0.29) is 11.7 Å². The molecule has 0 atom stereocenters. The first kappa shape index (κ1) is 13.8. The molecule has 0 fully saturated rings. The van der Waals surface area contributed by atoms with Gasteiger partial charge in [0.15, 0.2) is 0 Å². The van der Waals surface area contributed by atoms with E-state index in [0.29, 0.717) is 11.5 Å². The summed E-state index contributed by atoms with van der Waals surface area (Å²) in [6.45, 7) is 3.61. The highest BCUT2D eigenvalue weighted by molar-refractivity contribution is 8.00. The fraction of sp³-hybridized carbons (Fsp3) is 0.385. The van der Waals surface area contributed by atoms with Crippen LogP contribution in [0.3, 0.4) is 0 Å². The van der Waals surface area contributed by atoms with E-state index in [9.17, 15) is 9.59 Å². The Kier molecular flexibility index (Phi) is 5.77. The van der Waals surface area contributed by atoms with Gasteiger partial charge in [0, 0.05) is 5.69 Å². The number of amides is 1. The summed E-state index contributed by atoms with van der Waals surface area (Å²) in [6, 6.07) is 7.79. The molecule has 4 heteroatoms. The zero-order valence-electron chi connectivity index (χ0n) is 10.2. The minimum atomic E-state index is -0.0690. The number of aryl methyl sites for hydroxylation is 1. The van der Waals surface area contributed by atoms with E-state index in [0.717, 1.165) is 12.1 Å². The molecule has 1 rings (SSSR count). The molecule has 0 aromatic heterocycles. The van der Waals surface area contributed by atoms with Gasteiger partial charge in [-0.05, 0) is 31.0 Å². The first-order chi connectivity index (χ1) is 8.11. The van der Waals surface area contributed by atoms with Gasteiger partial charge in [-0.2, -0.15) is 0 Å². The van der Waals surface area contributed by atoms with Crippen LogP contribution in [-0.2, 0) is 16.0 Å². The summed E-state index contributed by atoms with van der Waals surface area (Å²) >= 11 is 1.33. The second-order valence-corrected chi connectivity index (χ2v) is 4.78. The van der Waals surface area contributed by atoms with Gasteiger partial charge in [-0.1, -0.05) is 19.1 Å². The van der Waals surface area contributed by atoms with Crippen molar-refractivity contribution in [2.45, 2.75) is 20.3 Å². The predicted octanol–water partition coefficient (Wildman–Crippen LogP) is 2.51. The number of hydrogen-bond donors (Lipinski definition) is 1. The summed E-state index contributed by atoms with van der Waals surface area (Å²) in [5.74, 6) is 0.729. The molecule has 0 saturated carbocycles. The standard InChI is InChI=1S/C13H17NO2S/c1-3-11-4-6-12(7-5-11)14-13(16)9-17-8-10(2)15/h4-7H,3,8-9H2,1-2H3,(H,14,16). The Morgan fingerprint density at radius 3 is 2.35 bits per heavy atom. The molecule has 1 aromatic rings. The number of hydrogen-bond acceptors (Lipinski definition) is 3. The number of nitrogens with one attached hydrogen (secondary N) is 1. The van der Waals surface area contributed by atoms with Crippen LogP contribution in [0, 0.1) is 0 Å². The van der Waals surface area contributed by atoms with E-state index in [1.807, 2.05) is 24.3 Å². The molecule has 0 aliphatic rings. The van der Waals surface area contributed by atoms with Crippen molar-refractivity contribution in [1.29, 1.82) is 0 Å². The quantitative estimate of drug-likeness (QED) is 0.845. The van der Waals surface area contributed by atoms with Crippen LogP contribution < -0.4 is 5.32 Å². The van der Waals surface area contributed by atoms with Gasteiger partial charge in [-0.15, -0.1) is 11.8 Å². The molecule has 0 bridgehead atoms. The summed E-state index contributed by atoms with van der Waals surface area (Å²) < 4.78 is 0. The SMILES string of the molecule is CCc1ccc(NC(=O)CSCC(C)=O)cc1. The summed E-state index contributed by atoms with van der Waals surface area (Å²) in [5, 5.41) is 2.80. The van der Waals surface area contributed by atoms with Crippen molar-refractivity contribution >= 4 is 29.1 Å². The van der Waals surface area contributed by atoms with Crippen LogP contribution in [0.15, 0.2) is 24.3 Å². The number of Topliss-reactive ketones (excluding diaryl/α,β-unsaturated/α-hetero) is 1. The Labute approximate surface area is 106 Å². The van der Waals surface area contributed by atoms with E-state index >= 15 is 0 Å². The molecular formula is C13H17NO2S.